The van der Waals surface area contributed by atoms with E-state index in [1.807, 2.05) is 18.2 Å². The molecule has 1 saturated heterocycles. The van der Waals surface area contributed by atoms with Crippen molar-refractivity contribution in [3.8, 4) is 11.5 Å². The van der Waals surface area contributed by atoms with Gasteiger partial charge in [0.1, 0.15) is 17.3 Å². The fourth-order valence-corrected chi connectivity index (χ4v) is 2.66. The number of phenols is 1. The van der Waals surface area contributed by atoms with E-state index in [1.54, 1.807) is 23.2 Å². The number of rotatable bonds is 3. The Hall–Kier alpha value is -2.76. The van der Waals surface area contributed by atoms with Crippen molar-refractivity contribution in [1.82, 2.24) is 9.88 Å². The maximum absolute atomic E-state index is 12.6. The summed E-state index contributed by atoms with van der Waals surface area (Å²) in [6.45, 7) is 2.61. The van der Waals surface area contributed by atoms with E-state index in [2.05, 4.69) is 9.88 Å². The minimum atomic E-state index is -0.179. The normalized spacial score (nSPS) is 14.7. The van der Waals surface area contributed by atoms with E-state index in [0.29, 0.717) is 31.9 Å². The molecule has 3 rings (SSSR count). The van der Waals surface area contributed by atoms with Crippen LogP contribution in [0.15, 0.2) is 42.6 Å². The minimum absolute atomic E-state index is 0.0250. The smallest absolute Gasteiger partial charge is 0.257 e. The fraction of sp³-hybridized carbons (Fsp3) is 0.294. The predicted molar refractivity (Wildman–Crippen MR) is 87.0 cm³/mol. The molecule has 1 aliphatic rings. The van der Waals surface area contributed by atoms with Gasteiger partial charge in [0, 0.05) is 32.4 Å². The molecule has 0 saturated carbocycles. The Morgan fingerprint density at radius 3 is 2.61 bits per heavy atom. The molecule has 6 nitrogen and oxygen atoms in total. The number of hydrogen-bond acceptors (Lipinski definition) is 5. The molecule has 0 spiro atoms. The van der Waals surface area contributed by atoms with Crippen LogP contribution in [-0.2, 0) is 0 Å². The topological polar surface area (TPSA) is 65.9 Å². The number of carbonyl (C=O) groups excluding carboxylic acids is 1. The molecule has 0 bridgehead atoms. The number of piperazine rings is 1. The van der Waals surface area contributed by atoms with E-state index >= 15 is 0 Å². The summed E-state index contributed by atoms with van der Waals surface area (Å²) in [7, 11) is 1.53. The van der Waals surface area contributed by atoms with Gasteiger partial charge in [0.15, 0.2) is 0 Å². The van der Waals surface area contributed by atoms with Crippen molar-refractivity contribution in [1.29, 1.82) is 0 Å². The number of aromatic nitrogens is 1. The van der Waals surface area contributed by atoms with Gasteiger partial charge < -0.3 is 19.6 Å². The molecule has 0 atom stereocenters. The number of aromatic hydroxyl groups is 1. The van der Waals surface area contributed by atoms with Crippen molar-refractivity contribution in [3.05, 3.63) is 48.2 Å². The van der Waals surface area contributed by atoms with Crippen molar-refractivity contribution >= 4 is 11.7 Å². The summed E-state index contributed by atoms with van der Waals surface area (Å²) in [5, 5.41) is 9.94. The maximum atomic E-state index is 12.6. The molecule has 2 heterocycles. The zero-order valence-electron chi connectivity index (χ0n) is 13.0. The van der Waals surface area contributed by atoms with Crippen LogP contribution < -0.4 is 9.64 Å². The number of amides is 1. The summed E-state index contributed by atoms with van der Waals surface area (Å²) in [4.78, 5) is 20.8. The van der Waals surface area contributed by atoms with Gasteiger partial charge >= 0.3 is 0 Å². The molecule has 0 unspecified atom stereocenters. The van der Waals surface area contributed by atoms with Crippen molar-refractivity contribution in [2.75, 3.05) is 38.2 Å². The molecular formula is C17H19N3O3. The Bertz CT molecular complexity index is 683. The molecule has 0 radical (unpaired) electrons. The third kappa shape index (κ3) is 3.21. The quantitative estimate of drug-likeness (QED) is 0.935. The lowest BCUT2D eigenvalue weighted by Crippen LogP contribution is -2.49. The first-order valence-electron chi connectivity index (χ1n) is 7.51. The second-order valence-electron chi connectivity index (χ2n) is 5.35. The highest BCUT2D eigenvalue weighted by Crippen LogP contribution is 2.25. The van der Waals surface area contributed by atoms with Gasteiger partial charge in [-0.2, -0.15) is 0 Å². The molecule has 1 N–H and O–H groups in total. The molecule has 0 aliphatic carbocycles. The van der Waals surface area contributed by atoms with Gasteiger partial charge in [-0.25, -0.2) is 4.98 Å². The van der Waals surface area contributed by atoms with Gasteiger partial charge in [0.2, 0.25) is 0 Å². The first-order valence-corrected chi connectivity index (χ1v) is 7.51. The largest absolute Gasteiger partial charge is 0.507 e. The van der Waals surface area contributed by atoms with Crippen molar-refractivity contribution in [2.24, 2.45) is 0 Å². The second kappa shape index (κ2) is 6.56. The van der Waals surface area contributed by atoms with E-state index in [-0.39, 0.29) is 17.2 Å². The summed E-state index contributed by atoms with van der Waals surface area (Å²) in [6.07, 6.45) is 1.77. The van der Waals surface area contributed by atoms with Crippen molar-refractivity contribution < 1.29 is 14.6 Å². The number of pyridine rings is 1. The number of methoxy groups -OCH3 is 1. The molecule has 23 heavy (non-hydrogen) atoms. The lowest BCUT2D eigenvalue weighted by Gasteiger charge is -2.35. The minimum Gasteiger partial charge on any atom is -0.507 e. The van der Waals surface area contributed by atoms with Gasteiger partial charge in [-0.1, -0.05) is 6.07 Å². The third-order valence-electron chi connectivity index (χ3n) is 3.97. The molecule has 1 fully saturated rings. The summed E-state index contributed by atoms with van der Waals surface area (Å²) < 4.78 is 5.12. The van der Waals surface area contributed by atoms with Gasteiger partial charge in [-0.3, -0.25) is 4.79 Å². The number of phenolic OH excluding ortho intramolecular Hbond substituents is 1. The van der Waals surface area contributed by atoms with Crippen LogP contribution in [0, 0.1) is 0 Å². The van der Waals surface area contributed by atoms with E-state index in [4.69, 9.17) is 4.74 Å². The second-order valence-corrected chi connectivity index (χ2v) is 5.35. The number of hydrogen-bond donors (Lipinski definition) is 1. The van der Waals surface area contributed by atoms with Crippen LogP contribution in [0.2, 0.25) is 0 Å². The van der Waals surface area contributed by atoms with Crippen LogP contribution in [0.3, 0.4) is 0 Å². The van der Waals surface area contributed by atoms with Crippen LogP contribution >= 0.6 is 0 Å². The first kappa shape index (κ1) is 15.1. The molecule has 120 valence electrons. The highest BCUT2D eigenvalue weighted by atomic mass is 16.5. The number of nitrogens with zero attached hydrogens (tertiary/aromatic N) is 3. The average Bonchev–Trinajstić information content (AvgIpc) is 2.62. The van der Waals surface area contributed by atoms with Crippen molar-refractivity contribution in [3.63, 3.8) is 0 Å². The van der Waals surface area contributed by atoms with Crippen LogP contribution in [0.4, 0.5) is 5.82 Å². The number of ether oxygens (including phenoxy) is 1. The Kier molecular flexibility index (Phi) is 4.32. The molecule has 6 heteroatoms. The Balaban J connectivity index is 1.69. The molecule has 1 amide bonds. The van der Waals surface area contributed by atoms with Crippen LogP contribution in [0.1, 0.15) is 10.4 Å². The number of carbonyl (C=O) groups is 1. The van der Waals surface area contributed by atoms with Crippen LogP contribution in [0.25, 0.3) is 0 Å². The number of anilines is 1. The molecule has 1 aromatic carbocycles. The lowest BCUT2D eigenvalue weighted by atomic mass is 10.1. The Morgan fingerprint density at radius 2 is 1.96 bits per heavy atom. The highest BCUT2D eigenvalue weighted by molar-refractivity contribution is 5.97. The van der Waals surface area contributed by atoms with E-state index in [0.717, 1.165) is 5.82 Å². The lowest BCUT2D eigenvalue weighted by molar-refractivity contribution is 0.0743. The highest BCUT2D eigenvalue weighted by Gasteiger charge is 2.24. The zero-order valence-corrected chi connectivity index (χ0v) is 13.0. The molecule has 2 aromatic rings. The zero-order chi connectivity index (χ0) is 16.2. The van der Waals surface area contributed by atoms with Gasteiger partial charge in [-0.05, 0) is 30.3 Å². The Labute approximate surface area is 134 Å². The average molecular weight is 313 g/mol. The van der Waals surface area contributed by atoms with Crippen molar-refractivity contribution in [2.45, 2.75) is 0 Å². The maximum Gasteiger partial charge on any atom is 0.257 e. The fourth-order valence-electron chi connectivity index (χ4n) is 2.66. The summed E-state index contributed by atoms with van der Waals surface area (Å²) in [5.41, 5.74) is 0.274. The van der Waals surface area contributed by atoms with E-state index < -0.39 is 0 Å². The number of benzene rings is 1. The molecular weight excluding hydrogens is 294 g/mol. The summed E-state index contributed by atoms with van der Waals surface area (Å²) in [6, 6.07) is 10.5. The monoisotopic (exact) mass is 313 g/mol. The van der Waals surface area contributed by atoms with Crippen LogP contribution in [-0.4, -0.2) is 54.2 Å². The first-order chi connectivity index (χ1) is 11.2. The summed E-state index contributed by atoms with van der Waals surface area (Å²) in [5.74, 6) is 1.27. The predicted octanol–water partition coefficient (Wildman–Crippen LogP) is 1.76. The molecule has 1 aromatic heterocycles. The SMILES string of the molecule is COc1ccc(O)c(C(=O)N2CCN(c3ccccn3)CC2)c1. The summed E-state index contributed by atoms with van der Waals surface area (Å²) >= 11 is 0. The Morgan fingerprint density at radius 1 is 1.17 bits per heavy atom. The van der Waals surface area contributed by atoms with Gasteiger partial charge in [-0.15, -0.1) is 0 Å². The van der Waals surface area contributed by atoms with Gasteiger partial charge in [0.05, 0.1) is 12.7 Å². The van der Waals surface area contributed by atoms with E-state index in [1.165, 1.54) is 13.2 Å². The van der Waals surface area contributed by atoms with E-state index in [9.17, 15) is 9.90 Å². The van der Waals surface area contributed by atoms with Gasteiger partial charge in [0.25, 0.3) is 5.91 Å². The standard InChI is InChI=1S/C17H19N3O3/c1-23-13-5-6-15(21)14(12-13)17(22)20-10-8-19(9-11-20)16-4-2-3-7-18-16/h2-7,12,21H,8-11H2,1H3. The molecule has 1 aliphatic heterocycles. The van der Waals surface area contributed by atoms with Crippen LogP contribution in [0.5, 0.6) is 11.5 Å². The third-order valence-corrected chi connectivity index (χ3v) is 3.97.